The number of methoxy groups -OCH3 is 1. The lowest BCUT2D eigenvalue weighted by Gasteiger charge is -2.37. The maximum Gasteiger partial charge on any atom is 0.220 e. The van der Waals surface area contributed by atoms with Gasteiger partial charge in [-0.05, 0) is 69.0 Å². The fourth-order valence-electron chi connectivity index (χ4n) is 4.96. The number of carbonyl (C=O) groups is 1. The molecule has 1 aromatic heterocycles. The Morgan fingerprint density at radius 2 is 1.93 bits per heavy atom. The van der Waals surface area contributed by atoms with Crippen LogP contribution in [0.2, 0.25) is 0 Å². The molecule has 2 heterocycles. The normalized spacial score (nSPS) is 29.1. The van der Waals surface area contributed by atoms with Gasteiger partial charge in [-0.3, -0.25) is 9.89 Å². The summed E-state index contributed by atoms with van der Waals surface area (Å²) >= 11 is 0. The summed E-state index contributed by atoms with van der Waals surface area (Å²) in [6, 6.07) is 0.145. The Labute approximate surface area is 173 Å². The van der Waals surface area contributed by atoms with Gasteiger partial charge in [0.15, 0.2) is 0 Å². The summed E-state index contributed by atoms with van der Waals surface area (Å²) in [7, 11) is 1.77. The quantitative estimate of drug-likeness (QED) is 0.684. The minimum Gasteiger partial charge on any atom is -0.379 e. The Hall–Kier alpha value is -0.820. The molecule has 0 aromatic carbocycles. The van der Waals surface area contributed by atoms with Crippen molar-refractivity contribution in [3.05, 3.63) is 17.0 Å². The highest BCUT2D eigenvalue weighted by atomic mass is 35.5. The SMILES string of the molecule is CO[C@H]1C[C@@H]2CNC[C@@H]2C[C@@H]1NC(=O)CCc1n[nH]c2c1CCCC2.Cl.Cl. The molecular formula is C19H32Cl2N4O2. The number of aryl methyl sites for hydroxylation is 2. The van der Waals surface area contributed by atoms with E-state index in [1.165, 1.54) is 24.1 Å². The molecule has 1 saturated carbocycles. The van der Waals surface area contributed by atoms with Gasteiger partial charge in [0, 0.05) is 25.6 Å². The van der Waals surface area contributed by atoms with E-state index >= 15 is 0 Å². The smallest absolute Gasteiger partial charge is 0.220 e. The molecule has 0 radical (unpaired) electrons. The van der Waals surface area contributed by atoms with E-state index < -0.39 is 0 Å². The number of hydrogen-bond donors (Lipinski definition) is 3. The van der Waals surface area contributed by atoms with Crippen LogP contribution < -0.4 is 10.6 Å². The van der Waals surface area contributed by atoms with Gasteiger partial charge in [0.1, 0.15) is 0 Å². The molecule has 0 spiro atoms. The number of ether oxygens (including phenoxy) is 1. The van der Waals surface area contributed by atoms with Crippen LogP contribution in [-0.2, 0) is 28.8 Å². The first-order valence-electron chi connectivity index (χ1n) is 9.82. The van der Waals surface area contributed by atoms with E-state index in [4.69, 9.17) is 4.74 Å². The molecule has 0 unspecified atom stereocenters. The average Bonchev–Trinajstić information content (AvgIpc) is 3.25. The van der Waals surface area contributed by atoms with Gasteiger partial charge >= 0.3 is 0 Å². The van der Waals surface area contributed by atoms with Crippen LogP contribution in [0.4, 0.5) is 0 Å². The van der Waals surface area contributed by atoms with Crippen molar-refractivity contribution < 1.29 is 9.53 Å². The molecule has 27 heavy (non-hydrogen) atoms. The summed E-state index contributed by atoms with van der Waals surface area (Å²) in [5.41, 5.74) is 3.75. The third-order valence-electron chi connectivity index (χ3n) is 6.40. The minimum absolute atomic E-state index is 0. The molecule has 4 rings (SSSR count). The topological polar surface area (TPSA) is 79.0 Å². The number of aromatic nitrogens is 2. The summed E-state index contributed by atoms with van der Waals surface area (Å²) in [4.78, 5) is 12.5. The molecule has 3 aliphatic rings. The molecule has 1 aromatic rings. The third-order valence-corrected chi connectivity index (χ3v) is 6.40. The van der Waals surface area contributed by atoms with Crippen molar-refractivity contribution in [2.75, 3.05) is 20.2 Å². The summed E-state index contributed by atoms with van der Waals surface area (Å²) < 4.78 is 5.68. The van der Waals surface area contributed by atoms with Crippen LogP contribution in [0.5, 0.6) is 0 Å². The first-order valence-corrected chi connectivity index (χ1v) is 9.82. The lowest BCUT2D eigenvalue weighted by molar-refractivity contribution is -0.123. The van der Waals surface area contributed by atoms with E-state index in [1.807, 2.05) is 0 Å². The Morgan fingerprint density at radius 1 is 1.19 bits per heavy atom. The maximum atomic E-state index is 12.5. The summed E-state index contributed by atoms with van der Waals surface area (Å²) in [6.07, 6.45) is 8.14. The van der Waals surface area contributed by atoms with E-state index in [-0.39, 0.29) is 42.9 Å². The number of nitrogens with one attached hydrogen (secondary N) is 3. The monoisotopic (exact) mass is 418 g/mol. The van der Waals surface area contributed by atoms with Crippen molar-refractivity contribution in [2.24, 2.45) is 11.8 Å². The standard InChI is InChI=1S/C19H30N4O2.2ClH/c1-25-18-9-13-11-20-10-12(13)8-17(18)21-19(24)7-6-16-14-4-2-3-5-15(14)22-23-16;;/h12-13,17-18,20H,2-11H2,1H3,(H,21,24)(H,22,23);2*1H/t12-,13+,17-,18-;;/m0../s1. The number of H-pyrrole nitrogens is 1. The highest BCUT2D eigenvalue weighted by molar-refractivity contribution is 5.85. The van der Waals surface area contributed by atoms with Crippen molar-refractivity contribution in [3.8, 4) is 0 Å². The molecule has 154 valence electrons. The van der Waals surface area contributed by atoms with Gasteiger partial charge < -0.3 is 15.4 Å². The van der Waals surface area contributed by atoms with Crippen LogP contribution in [0.3, 0.4) is 0 Å². The lowest BCUT2D eigenvalue weighted by atomic mass is 9.77. The number of aromatic amines is 1. The molecule has 1 amide bonds. The Bertz CT molecular complexity index is 625. The van der Waals surface area contributed by atoms with Crippen LogP contribution in [0.25, 0.3) is 0 Å². The average molecular weight is 419 g/mol. The molecule has 3 N–H and O–H groups in total. The zero-order valence-electron chi connectivity index (χ0n) is 16.0. The maximum absolute atomic E-state index is 12.5. The van der Waals surface area contributed by atoms with Gasteiger partial charge in [0.05, 0.1) is 17.8 Å². The van der Waals surface area contributed by atoms with Gasteiger partial charge in [-0.15, -0.1) is 24.8 Å². The number of fused-ring (bicyclic) bond motifs is 2. The predicted octanol–water partition coefficient (Wildman–Crippen LogP) is 2.19. The van der Waals surface area contributed by atoms with Gasteiger partial charge in [-0.1, -0.05) is 0 Å². The third kappa shape index (κ3) is 4.97. The molecule has 1 saturated heterocycles. The van der Waals surface area contributed by atoms with Gasteiger partial charge in [-0.2, -0.15) is 5.10 Å². The van der Waals surface area contributed by atoms with Gasteiger partial charge in [0.2, 0.25) is 5.91 Å². The molecule has 2 fully saturated rings. The van der Waals surface area contributed by atoms with Gasteiger partial charge in [0.25, 0.3) is 0 Å². The van der Waals surface area contributed by atoms with E-state index in [0.717, 1.165) is 50.9 Å². The summed E-state index contributed by atoms with van der Waals surface area (Å²) in [6.45, 7) is 2.17. The number of halogens is 2. The Balaban J connectivity index is 0.00000131. The minimum atomic E-state index is 0. The van der Waals surface area contributed by atoms with Crippen LogP contribution in [0.15, 0.2) is 0 Å². The summed E-state index contributed by atoms with van der Waals surface area (Å²) in [5.74, 6) is 1.51. The molecule has 0 bridgehead atoms. The number of amides is 1. The van der Waals surface area contributed by atoms with Crippen molar-refractivity contribution in [1.82, 2.24) is 20.8 Å². The van der Waals surface area contributed by atoms with Crippen molar-refractivity contribution >= 4 is 30.7 Å². The number of hydrogen-bond acceptors (Lipinski definition) is 4. The van der Waals surface area contributed by atoms with Crippen LogP contribution in [0, 0.1) is 11.8 Å². The number of nitrogens with zero attached hydrogens (tertiary/aromatic N) is 1. The fourth-order valence-corrected chi connectivity index (χ4v) is 4.96. The highest BCUT2D eigenvalue weighted by Crippen LogP contribution is 2.34. The van der Waals surface area contributed by atoms with Crippen molar-refractivity contribution in [1.29, 1.82) is 0 Å². The molecule has 8 heteroatoms. The van der Waals surface area contributed by atoms with E-state index in [2.05, 4.69) is 20.8 Å². The Kier molecular flexibility index (Phi) is 8.40. The molecule has 4 atom stereocenters. The zero-order chi connectivity index (χ0) is 17.2. The second-order valence-electron chi connectivity index (χ2n) is 7.93. The number of carbonyl (C=O) groups excluding carboxylic acids is 1. The Morgan fingerprint density at radius 3 is 2.70 bits per heavy atom. The van der Waals surface area contributed by atoms with E-state index in [1.54, 1.807) is 7.11 Å². The van der Waals surface area contributed by atoms with Crippen LogP contribution >= 0.6 is 24.8 Å². The first kappa shape index (κ1) is 22.5. The molecular weight excluding hydrogens is 387 g/mol. The first-order chi connectivity index (χ1) is 12.2. The summed E-state index contributed by atoms with van der Waals surface area (Å²) in [5, 5.41) is 14.3. The fraction of sp³-hybridized carbons (Fsp3) is 0.789. The van der Waals surface area contributed by atoms with Crippen molar-refractivity contribution in [3.63, 3.8) is 0 Å². The predicted molar refractivity (Wildman–Crippen MR) is 110 cm³/mol. The molecule has 1 aliphatic heterocycles. The number of rotatable bonds is 5. The van der Waals surface area contributed by atoms with Crippen LogP contribution in [0.1, 0.15) is 49.1 Å². The van der Waals surface area contributed by atoms with Crippen molar-refractivity contribution in [2.45, 2.75) is 63.5 Å². The largest absolute Gasteiger partial charge is 0.379 e. The van der Waals surface area contributed by atoms with Gasteiger partial charge in [-0.25, -0.2) is 0 Å². The zero-order valence-corrected chi connectivity index (χ0v) is 17.6. The molecule has 2 aliphatic carbocycles. The molecule has 6 nitrogen and oxygen atoms in total. The second kappa shape index (κ2) is 10.1. The lowest BCUT2D eigenvalue weighted by Crippen LogP contribution is -2.50. The highest BCUT2D eigenvalue weighted by Gasteiger charge is 2.40. The second-order valence-corrected chi connectivity index (χ2v) is 7.93. The van der Waals surface area contributed by atoms with E-state index in [9.17, 15) is 4.79 Å². The van der Waals surface area contributed by atoms with E-state index in [0.29, 0.717) is 18.3 Å². The van der Waals surface area contributed by atoms with Crippen LogP contribution in [-0.4, -0.2) is 48.4 Å².